The molecule has 2 fully saturated rings. The van der Waals surface area contributed by atoms with Crippen molar-refractivity contribution in [3.05, 3.63) is 65.7 Å². The number of benzene rings is 2. The summed E-state index contributed by atoms with van der Waals surface area (Å²) >= 11 is 0. The molecule has 5 nitrogen and oxygen atoms in total. The smallest absolute Gasteiger partial charge is 0.237 e. The zero-order valence-corrected chi connectivity index (χ0v) is 16.4. The molecule has 0 bridgehead atoms. The van der Waals surface area contributed by atoms with Crippen molar-refractivity contribution in [2.24, 2.45) is 0 Å². The van der Waals surface area contributed by atoms with Crippen LogP contribution in [0.15, 0.2) is 54.6 Å². The minimum absolute atomic E-state index is 0.0396. The lowest BCUT2D eigenvalue weighted by Gasteiger charge is -2.36. The molecule has 0 aliphatic carbocycles. The van der Waals surface area contributed by atoms with E-state index in [1.165, 1.54) is 10.6 Å². The Hall–Kier alpha value is -2.66. The summed E-state index contributed by atoms with van der Waals surface area (Å²) in [6.45, 7) is 7.09. The Morgan fingerprint density at radius 3 is 2.25 bits per heavy atom. The molecule has 2 aromatic carbocycles. The van der Waals surface area contributed by atoms with Crippen LogP contribution in [0.5, 0.6) is 0 Å². The minimum Gasteiger partial charge on any atom is -0.369 e. The van der Waals surface area contributed by atoms with Crippen LogP contribution in [-0.4, -0.2) is 60.9 Å². The number of carbonyl (C=O) groups is 2. The van der Waals surface area contributed by atoms with E-state index in [0.29, 0.717) is 13.0 Å². The third-order valence-electron chi connectivity index (χ3n) is 5.94. The van der Waals surface area contributed by atoms with Crippen molar-refractivity contribution in [3.63, 3.8) is 0 Å². The first-order valence-electron chi connectivity index (χ1n) is 10.1. The Kier molecular flexibility index (Phi) is 5.44. The SMILES string of the molecule is Cc1ccccc1C1CC(=O)N(CCN2CCN(c3ccccc3)CC2)C1=O. The molecule has 5 heteroatoms. The van der Waals surface area contributed by atoms with Crippen LogP contribution in [0.25, 0.3) is 0 Å². The van der Waals surface area contributed by atoms with E-state index in [-0.39, 0.29) is 17.7 Å². The van der Waals surface area contributed by atoms with Gasteiger partial charge in [-0.2, -0.15) is 0 Å². The zero-order valence-electron chi connectivity index (χ0n) is 16.4. The minimum atomic E-state index is -0.316. The second-order valence-electron chi connectivity index (χ2n) is 7.66. The van der Waals surface area contributed by atoms with Crippen molar-refractivity contribution in [1.82, 2.24) is 9.80 Å². The predicted octanol–water partition coefficient (Wildman–Crippen LogP) is 2.66. The molecule has 2 heterocycles. The van der Waals surface area contributed by atoms with Gasteiger partial charge in [0.25, 0.3) is 0 Å². The lowest BCUT2D eigenvalue weighted by Crippen LogP contribution is -2.49. The van der Waals surface area contributed by atoms with Crippen LogP contribution in [0.3, 0.4) is 0 Å². The van der Waals surface area contributed by atoms with Gasteiger partial charge in [-0.15, -0.1) is 0 Å². The highest BCUT2D eigenvalue weighted by molar-refractivity contribution is 6.06. The highest BCUT2D eigenvalue weighted by atomic mass is 16.2. The molecule has 0 radical (unpaired) electrons. The van der Waals surface area contributed by atoms with Gasteiger partial charge in [-0.25, -0.2) is 0 Å². The summed E-state index contributed by atoms with van der Waals surface area (Å²) in [5.74, 6) is -0.396. The quantitative estimate of drug-likeness (QED) is 0.752. The fourth-order valence-electron chi connectivity index (χ4n) is 4.25. The molecule has 2 aliphatic heterocycles. The van der Waals surface area contributed by atoms with Gasteiger partial charge in [0.1, 0.15) is 0 Å². The van der Waals surface area contributed by atoms with E-state index in [0.717, 1.165) is 43.9 Å². The second kappa shape index (κ2) is 8.15. The number of likely N-dealkylation sites (tertiary alicyclic amines) is 1. The van der Waals surface area contributed by atoms with E-state index in [2.05, 4.69) is 34.1 Å². The maximum absolute atomic E-state index is 12.9. The first-order valence-corrected chi connectivity index (χ1v) is 10.1. The van der Waals surface area contributed by atoms with E-state index in [9.17, 15) is 9.59 Å². The molecule has 0 N–H and O–H groups in total. The Morgan fingerprint density at radius 2 is 1.54 bits per heavy atom. The second-order valence-corrected chi connectivity index (χ2v) is 7.66. The lowest BCUT2D eigenvalue weighted by atomic mass is 9.93. The van der Waals surface area contributed by atoms with Crippen LogP contribution in [0.1, 0.15) is 23.5 Å². The van der Waals surface area contributed by atoms with Crippen molar-refractivity contribution in [2.75, 3.05) is 44.2 Å². The van der Waals surface area contributed by atoms with E-state index in [1.807, 2.05) is 37.3 Å². The molecule has 1 unspecified atom stereocenters. The molecular weight excluding hydrogens is 350 g/mol. The van der Waals surface area contributed by atoms with Gasteiger partial charge in [0.05, 0.1) is 5.92 Å². The molecule has 0 saturated carbocycles. The van der Waals surface area contributed by atoms with Crippen LogP contribution in [0.4, 0.5) is 5.69 Å². The Balaban J connectivity index is 1.31. The molecule has 0 spiro atoms. The Labute approximate surface area is 166 Å². The highest BCUT2D eigenvalue weighted by Gasteiger charge is 2.39. The maximum Gasteiger partial charge on any atom is 0.237 e. The summed E-state index contributed by atoms with van der Waals surface area (Å²) < 4.78 is 0. The van der Waals surface area contributed by atoms with Crippen LogP contribution in [0.2, 0.25) is 0 Å². The third kappa shape index (κ3) is 3.80. The zero-order chi connectivity index (χ0) is 19.5. The number of imide groups is 1. The lowest BCUT2D eigenvalue weighted by molar-refractivity contribution is -0.138. The summed E-state index contributed by atoms with van der Waals surface area (Å²) in [6, 6.07) is 18.3. The molecule has 4 rings (SSSR count). The summed E-state index contributed by atoms with van der Waals surface area (Å²) in [6.07, 6.45) is 0.297. The van der Waals surface area contributed by atoms with Gasteiger partial charge < -0.3 is 4.90 Å². The topological polar surface area (TPSA) is 43.9 Å². The van der Waals surface area contributed by atoms with E-state index < -0.39 is 0 Å². The third-order valence-corrected chi connectivity index (χ3v) is 5.94. The number of carbonyl (C=O) groups excluding carboxylic acids is 2. The van der Waals surface area contributed by atoms with Gasteiger partial charge in [-0.05, 0) is 30.2 Å². The number of nitrogens with zero attached hydrogens (tertiary/aromatic N) is 3. The van der Waals surface area contributed by atoms with Crippen molar-refractivity contribution in [2.45, 2.75) is 19.3 Å². The van der Waals surface area contributed by atoms with Crippen molar-refractivity contribution >= 4 is 17.5 Å². The number of amides is 2. The van der Waals surface area contributed by atoms with Gasteiger partial charge in [0, 0.05) is 51.4 Å². The van der Waals surface area contributed by atoms with Gasteiger partial charge in [0.15, 0.2) is 0 Å². The van der Waals surface area contributed by atoms with Crippen LogP contribution < -0.4 is 4.90 Å². The number of aryl methyl sites for hydroxylation is 1. The van der Waals surface area contributed by atoms with Gasteiger partial charge >= 0.3 is 0 Å². The molecule has 0 aromatic heterocycles. The standard InChI is InChI=1S/C23H27N3O2/c1-18-7-5-6-10-20(18)21-17-22(27)26(23(21)28)16-13-24-11-14-25(15-12-24)19-8-3-2-4-9-19/h2-10,21H,11-17H2,1H3. The average molecular weight is 377 g/mol. The summed E-state index contributed by atoms with van der Waals surface area (Å²) in [5, 5.41) is 0. The van der Waals surface area contributed by atoms with Crippen LogP contribution in [0, 0.1) is 6.92 Å². The van der Waals surface area contributed by atoms with Crippen LogP contribution >= 0.6 is 0 Å². The normalized spacial score (nSPS) is 20.8. The Morgan fingerprint density at radius 1 is 0.857 bits per heavy atom. The van der Waals surface area contributed by atoms with E-state index in [4.69, 9.17) is 0 Å². The molecule has 2 amide bonds. The molecular formula is C23H27N3O2. The summed E-state index contributed by atoms with van der Waals surface area (Å²) in [5.41, 5.74) is 3.32. The molecule has 2 aliphatic rings. The number of hydrogen-bond donors (Lipinski definition) is 0. The monoisotopic (exact) mass is 377 g/mol. The summed E-state index contributed by atoms with van der Waals surface area (Å²) in [4.78, 5) is 31.5. The molecule has 2 saturated heterocycles. The number of para-hydroxylation sites is 1. The van der Waals surface area contributed by atoms with E-state index >= 15 is 0 Å². The maximum atomic E-state index is 12.9. The predicted molar refractivity (Wildman–Crippen MR) is 110 cm³/mol. The van der Waals surface area contributed by atoms with Gasteiger partial charge in [-0.3, -0.25) is 19.4 Å². The fourth-order valence-corrected chi connectivity index (χ4v) is 4.25. The molecule has 2 aromatic rings. The van der Waals surface area contributed by atoms with Crippen molar-refractivity contribution in [1.29, 1.82) is 0 Å². The molecule has 146 valence electrons. The van der Waals surface area contributed by atoms with Crippen molar-refractivity contribution in [3.8, 4) is 0 Å². The van der Waals surface area contributed by atoms with Crippen molar-refractivity contribution < 1.29 is 9.59 Å². The number of anilines is 1. The van der Waals surface area contributed by atoms with E-state index in [1.54, 1.807) is 0 Å². The number of hydrogen-bond acceptors (Lipinski definition) is 4. The average Bonchev–Trinajstić information content (AvgIpc) is 3.01. The molecule has 28 heavy (non-hydrogen) atoms. The number of piperazine rings is 1. The summed E-state index contributed by atoms with van der Waals surface area (Å²) in [7, 11) is 0. The Bertz CT molecular complexity index is 844. The van der Waals surface area contributed by atoms with Crippen LogP contribution in [-0.2, 0) is 9.59 Å². The molecule has 1 atom stereocenters. The fraction of sp³-hybridized carbons (Fsp3) is 0.391. The first-order chi connectivity index (χ1) is 13.6. The van der Waals surface area contributed by atoms with Gasteiger partial charge in [-0.1, -0.05) is 42.5 Å². The van der Waals surface area contributed by atoms with Gasteiger partial charge in [0.2, 0.25) is 11.8 Å². The first kappa shape index (κ1) is 18.7. The largest absolute Gasteiger partial charge is 0.369 e. The highest BCUT2D eigenvalue weighted by Crippen LogP contribution is 2.31. The number of rotatable bonds is 5.